The van der Waals surface area contributed by atoms with Crippen molar-refractivity contribution in [3.63, 3.8) is 0 Å². The summed E-state index contributed by atoms with van der Waals surface area (Å²) in [5, 5.41) is 7.48. The molecule has 0 aliphatic carbocycles. The molecule has 37 heavy (non-hydrogen) atoms. The summed E-state index contributed by atoms with van der Waals surface area (Å²) in [7, 11) is 1.85. The van der Waals surface area contributed by atoms with Crippen LogP contribution < -0.4 is 10.2 Å². The fourth-order valence-electron chi connectivity index (χ4n) is 5.82. The number of nitrogens with zero attached hydrogens (tertiary/aromatic N) is 5. The zero-order chi connectivity index (χ0) is 26.0. The first kappa shape index (κ1) is 25.5. The van der Waals surface area contributed by atoms with Gasteiger partial charge < -0.3 is 19.9 Å². The molecule has 0 radical (unpaired) electrons. The highest BCUT2D eigenvalue weighted by Gasteiger charge is 2.38. The number of likely N-dealkylation sites (tertiary alicyclic amines) is 1. The van der Waals surface area contributed by atoms with Gasteiger partial charge in [-0.05, 0) is 63.4 Å². The summed E-state index contributed by atoms with van der Waals surface area (Å²) in [6.07, 6.45) is 6.15. The number of hydrogen-bond donors (Lipinski definition) is 1. The van der Waals surface area contributed by atoms with E-state index in [2.05, 4.69) is 76.7 Å². The molecule has 4 heterocycles. The molecular weight excluding hydrogens is 464 g/mol. The van der Waals surface area contributed by atoms with E-state index in [1.54, 1.807) is 0 Å². The van der Waals surface area contributed by atoms with Gasteiger partial charge in [-0.1, -0.05) is 24.3 Å². The lowest BCUT2D eigenvalue weighted by molar-refractivity contribution is -0.0767. The zero-order valence-corrected chi connectivity index (χ0v) is 22.6. The molecule has 2 aromatic heterocycles. The average Bonchev–Trinajstić information content (AvgIpc) is 3.38. The number of nitrogens with one attached hydrogen (secondary N) is 1. The lowest BCUT2D eigenvalue weighted by atomic mass is 9.84. The smallest absolute Gasteiger partial charge is 0.317 e. The SMILES string of the molecule is CCNC(=O)N1CCN(c2ccnn3cc(-c4ccc(C5(OC)CCCN(C(C)C)C5)cc4)cc23)CC1. The number of benzene rings is 1. The van der Waals surface area contributed by atoms with Crippen LogP contribution in [0.3, 0.4) is 0 Å². The number of carbonyl (C=O) groups excluding carboxylic acids is 1. The summed E-state index contributed by atoms with van der Waals surface area (Å²) in [4.78, 5) is 19.0. The minimum absolute atomic E-state index is 0.0239. The van der Waals surface area contributed by atoms with Gasteiger partial charge in [0.15, 0.2) is 0 Å². The van der Waals surface area contributed by atoms with Crippen molar-refractivity contribution in [2.45, 2.75) is 45.3 Å². The van der Waals surface area contributed by atoms with Gasteiger partial charge in [0.1, 0.15) is 5.60 Å². The predicted octanol–water partition coefficient (Wildman–Crippen LogP) is 4.20. The van der Waals surface area contributed by atoms with Gasteiger partial charge in [-0.15, -0.1) is 0 Å². The summed E-state index contributed by atoms with van der Waals surface area (Å²) >= 11 is 0. The monoisotopic (exact) mass is 504 g/mol. The molecule has 0 spiro atoms. The molecule has 2 aliphatic heterocycles. The first-order valence-corrected chi connectivity index (χ1v) is 13.6. The molecule has 198 valence electrons. The Bertz CT molecular complexity index is 1210. The zero-order valence-electron chi connectivity index (χ0n) is 22.6. The highest BCUT2D eigenvalue weighted by atomic mass is 16.5. The Morgan fingerprint density at radius 1 is 1.08 bits per heavy atom. The molecule has 2 saturated heterocycles. The molecule has 1 N–H and O–H groups in total. The number of anilines is 1. The topological polar surface area (TPSA) is 65.4 Å². The van der Waals surface area contributed by atoms with Crippen molar-refractivity contribution in [1.82, 2.24) is 24.7 Å². The van der Waals surface area contributed by atoms with Gasteiger partial charge in [0, 0.05) is 70.4 Å². The Hall–Kier alpha value is -3.10. The Balaban J connectivity index is 1.36. The van der Waals surface area contributed by atoms with Crippen LogP contribution in [0, 0.1) is 0 Å². The Morgan fingerprint density at radius 2 is 1.84 bits per heavy atom. The van der Waals surface area contributed by atoms with Crippen LogP contribution in [0.1, 0.15) is 39.2 Å². The van der Waals surface area contributed by atoms with Crippen molar-refractivity contribution in [1.29, 1.82) is 0 Å². The van der Waals surface area contributed by atoms with E-state index in [0.717, 1.165) is 55.8 Å². The third kappa shape index (κ3) is 5.05. The van der Waals surface area contributed by atoms with Crippen molar-refractivity contribution in [3.8, 4) is 11.1 Å². The molecule has 3 aromatic rings. The van der Waals surface area contributed by atoms with Crippen LogP contribution in [-0.2, 0) is 10.3 Å². The highest BCUT2D eigenvalue weighted by molar-refractivity contribution is 5.80. The standard InChI is InChI=1S/C29H40N6O2/c1-5-30-28(36)33-17-15-32(16-18-33)26-11-13-31-35-20-24(19-27(26)35)23-7-9-25(10-8-23)29(37-4)12-6-14-34(21-29)22(2)3/h7-11,13,19-20,22H,5-6,12,14-18,21H2,1-4H3,(H,30,36). The summed E-state index contributed by atoms with van der Waals surface area (Å²) < 4.78 is 8.13. The van der Waals surface area contributed by atoms with E-state index in [1.165, 1.54) is 11.1 Å². The van der Waals surface area contributed by atoms with Crippen LogP contribution in [0.5, 0.6) is 0 Å². The molecular formula is C29H40N6O2. The molecule has 8 heteroatoms. The van der Waals surface area contributed by atoms with E-state index in [9.17, 15) is 4.79 Å². The van der Waals surface area contributed by atoms with E-state index < -0.39 is 0 Å². The Labute approximate surface area is 220 Å². The van der Waals surface area contributed by atoms with Gasteiger partial charge >= 0.3 is 6.03 Å². The fraction of sp³-hybridized carbons (Fsp3) is 0.517. The lowest BCUT2D eigenvalue weighted by Gasteiger charge is -2.44. The molecule has 2 aliphatic rings. The fourth-order valence-corrected chi connectivity index (χ4v) is 5.82. The number of urea groups is 1. The van der Waals surface area contributed by atoms with Crippen LogP contribution >= 0.6 is 0 Å². The molecule has 8 nitrogen and oxygen atoms in total. The molecule has 0 bridgehead atoms. The van der Waals surface area contributed by atoms with E-state index in [1.807, 2.05) is 29.6 Å². The number of fused-ring (bicyclic) bond motifs is 1. The summed E-state index contributed by atoms with van der Waals surface area (Å²) in [6, 6.07) is 13.7. The highest BCUT2D eigenvalue weighted by Crippen LogP contribution is 2.37. The minimum atomic E-state index is -0.253. The second kappa shape index (κ2) is 10.7. The summed E-state index contributed by atoms with van der Waals surface area (Å²) in [5.41, 5.74) is 5.55. The third-order valence-corrected chi connectivity index (χ3v) is 8.07. The maximum atomic E-state index is 12.2. The van der Waals surface area contributed by atoms with Gasteiger partial charge in [0.05, 0.1) is 11.2 Å². The average molecular weight is 505 g/mol. The van der Waals surface area contributed by atoms with Gasteiger partial charge in [0.25, 0.3) is 0 Å². The van der Waals surface area contributed by atoms with E-state index in [-0.39, 0.29) is 11.6 Å². The number of amides is 2. The molecule has 1 aromatic carbocycles. The van der Waals surface area contributed by atoms with E-state index in [0.29, 0.717) is 25.7 Å². The summed E-state index contributed by atoms with van der Waals surface area (Å²) in [6.45, 7) is 12.2. The first-order valence-electron chi connectivity index (χ1n) is 13.6. The quantitative estimate of drug-likeness (QED) is 0.545. The van der Waals surface area contributed by atoms with Crippen molar-refractivity contribution >= 4 is 17.2 Å². The molecule has 1 atom stereocenters. The Morgan fingerprint density at radius 3 is 2.51 bits per heavy atom. The molecule has 2 fully saturated rings. The number of methoxy groups -OCH3 is 1. The number of carbonyl (C=O) groups is 1. The van der Waals surface area contributed by atoms with E-state index >= 15 is 0 Å². The number of aromatic nitrogens is 2. The number of piperidine rings is 1. The molecule has 0 saturated carbocycles. The second-order valence-electron chi connectivity index (χ2n) is 10.5. The lowest BCUT2D eigenvalue weighted by Crippen LogP contribution is -2.51. The van der Waals surface area contributed by atoms with Crippen molar-refractivity contribution < 1.29 is 9.53 Å². The third-order valence-electron chi connectivity index (χ3n) is 8.07. The van der Waals surface area contributed by atoms with Gasteiger partial charge in [-0.3, -0.25) is 4.90 Å². The van der Waals surface area contributed by atoms with Crippen LogP contribution in [0.15, 0.2) is 48.8 Å². The number of hydrogen-bond acceptors (Lipinski definition) is 5. The van der Waals surface area contributed by atoms with Crippen molar-refractivity contribution in [2.75, 3.05) is 57.8 Å². The Kier molecular flexibility index (Phi) is 7.40. The number of ether oxygens (including phenoxy) is 1. The largest absolute Gasteiger partial charge is 0.372 e. The molecule has 5 rings (SSSR count). The second-order valence-corrected chi connectivity index (χ2v) is 10.5. The number of piperazine rings is 1. The van der Waals surface area contributed by atoms with Gasteiger partial charge in [-0.25, -0.2) is 9.31 Å². The molecule has 2 amide bonds. The molecule has 1 unspecified atom stereocenters. The normalized spacial score (nSPS) is 21.1. The van der Waals surface area contributed by atoms with Crippen LogP contribution in [0.4, 0.5) is 10.5 Å². The van der Waals surface area contributed by atoms with Crippen LogP contribution in [-0.4, -0.2) is 84.4 Å². The number of rotatable bonds is 6. The predicted molar refractivity (Wildman–Crippen MR) is 148 cm³/mol. The van der Waals surface area contributed by atoms with Crippen LogP contribution in [0.25, 0.3) is 16.6 Å². The van der Waals surface area contributed by atoms with Crippen LogP contribution in [0.2, 0.25) is 0 Å². The minimum Gasteiger partial charge on any atom is -0.372 e. The van der Waals surface area contributed by atoms with Crippen molar-refractivity contribution in [2.24, 2.45) is 0 Å². The van der Waals surface area contributed by atoms with E-state index in [4.69, 9.17) is 4.74 Å². The summed E-state index contributed by atoms with van der Waals surface area (Å²) in [5.74, 6) is 0. The first-order chi connectivity index (χ1) is 17.9. The maximum Gasteiger partial charge on any atom is 0.317 e. The maximum absolute atomic E-state index is 12.2. The van der Waals surface area contributed by atoms with Gasteiger partial charge in [-0.2, -0.15) is 5.10 Å². The van der Waals surface area contributed by atoms with Crippen molar-refractivity contribution in [3.05, 3.63) is 54.4 Å². The van der Waals surface area contributed by atoms with Gasteiger partial charge in [0.2, 0.25) is 0 Å².